The Balaban J connectivity index is 1.69. The van der Waals surface area contributed by atoms with Gasteiger partial charge in [0.05, 0.1) is 17.5 Å². The molecule has 0 bridgehead atoms. The van der Waals surface area contributed by atoms with Crippen LogP contribution in [-0.4, -0.2) is 49.2 Å². The topological polar surface area (TPSA) is 91.8 Å². The Morgan fingerprint density at radius 3 is 2.03 bits per heavy atom. The SMILES string of the molecule is CC(c1ccc(S(C)(=O)=O)cc1)N(C)C(=O)c1ccc(CN2C(=O)CCC2=O)cc1. The first kappa shape index (κ1) is 21.7. The number of benzene rings is 2. The summed E-state index contributed by atoms with van der Waals surface area (Å²) in [6.45, 7) is 2.08. The third-order valence-corrected chi connectivity index (χ3v) is 6.52. The molecule has 1 fully saturated rings. The zero-order valence-electron chi connectivity index (χ0n) is 17.2. The van der Waals surface area contributed by atoms with Crippen LogP contribution >= 0.6 is 0 Å². The molecule has 0 N–H and O–H groups in total. The molecule has 0 aliphatic carbocycles. The molecule has 7 nitrogen and oxygen atoms in total. The summed E-state index contributed by atoms with van der Waals surface area (Å²) in [5.74, 6) is -0.527. The van der Waals surface area contributed by atoms with Crippen molar-refractivity contribution >= 4 is 27.6 Å². The number of nitrogens with zero attached hydrogens (tertiary/aromatic N) is 2. The molecule has 1 heterocycles. The summed E-state index contributed by atoms with van der Waals surface area (Å²) in [5, 5.41) is 0. The zero-order chi connectivity index (χ0) is 22.1. The van der Waals surface area contributed by atoms with E-state index in [0.717, 1.165) is 17.4 Å². The van der Waals surface area contributed by atoms with Crippen molar-refractivity contribution in [1.82, 2.24) is 9.80 Å². The van der Waals surface area contributed by atoms with Gasteiger partial charge in [0.25, 0.3) is 5.91 Å². The van der Waals surface area contributed by atoms with Gasteiger partial charge in [-0.2, -0.15) is 0 Å². The van der Waals surface area contributed by atoms with Crippen LogP contribution in [0.4, 0.5) is 0 Å². The van der Waals surface area contributed by atoms with Crippen LogP contribution in [0.15, 0.2) is 53.4 Å². The van der Waals surface area contributed by atoms with Gasteiger partial charge in [0.15, 0.2) is 9.84 Å². The minimum atomic E-state index is -3.27. The van der Waals surface area contributed by atoms with Gasteiger partial charge in [0, 0.05) is 31.7 Å². The maximum Gasteiger partial charge on any atom is 0.254 e. The Labute approximate surface area is 176 Å². The van der Waals surface area contributed by atoms with Crippen molar-refractivity contribution < 1.29 is 22.8 Å². The monoisotopic (exact) mass is 428 g/mol. The van der Waals surface area contributed by atoms with Gasteiger partial charge < -0.3 is 4.90 Å². The first-order valence-electron chi connectivity index (χ1n) is 9.57. The molecule has 1 aliphatic heterocycles. The smallest absolute Gasteiger partial charge is 0.254 e. The lowest BCUT2D eigenvalue weighted by atomic mass is 10.1. The minimum Gasteiger partial charge on any atom is -0.335 e. The number of carbonyl (C=O) groups excluding carboxylic acids is 3. The number of hydrogen-bond donors (Lipinski definition) is 0. The van der Waals surface area contributed by atoms with Gasteiger partial charge in [-0.1, -0.05) is 24.3 Å². The third kappa shape index (κ3) is 4.59. The van der Waals surface area contributed by atoms with E-state index in [4.69, 9.17) is 0 Å². The lowest BCUT2D eigenvalue weighted by Crippen LogP contribution is -2.30. The van der Waals surface area contributed by atoms with E-state index in [1.54, 1.807) is 48.3 Å². The quantitative estimate of drug-likeness (QED) is 0.660. The molecule has 0 spiro atoms. The Hall–Kier alpha value is -3.00. The second-order valence-corrected chi connectivity index (χ2v) is 9.52. The van der Waals surface area contributed by atoms with E-state index in [-0.39, 0.29) is 48.0 Å². The highest BCUT2D eigenvalue weighted by Crippen LogP contribution is 2.23. The van der Waals surface area contributed by atoms with Gasteiger partial charge in [0.1, 0.15) is 0 Å². The summed E-state index contributed by atoms with van der Waals surface area (Å²) in [6, 6.07) is 13.1. The van der Waals surface area contributed by atoms with Crippen LogP contribution in [0.2, 0.25) is 0 Å². The lowest BCUT2D eigenvalue weighted by Gasteiger charge is -2.25. The molecule has 1 aliphatic rings. The molecule has 0 radical (unpaired) electrons. The maximum absolute atomic E-state index is 12.9. The number of amides is 3. The van der Waals surface area contributed by atoms with Crippen molar-refractivity contribution in [1.29, 1.82) is 0 Å². The first-order valence-corrected chi connectivity index (χ1v) is 11.5. The Morgan fingerprint density at radius 1 is 1.00 bits per heavy atom. The Morgan fingerprint density at radius 2 is 1.53 bits per heavy atom. The molecular formula is C22H24N2O5S. The summed E-state index contributed by atoms with van der Waals surface area (Å²) in [4.78, 5) is 39.4. The van der Waals surface area contributed by atoms with Crippen molar-refractivity contribution in [2.75, 3.05) is 13.3 Å². The summed E-state index contributed by atoms with van der Waals surface area (Å²) in [7, 11) is -1.58. The molecule has 3 amide bonds. The number of hydrogen-bond acceptors (Lipinski definition) is 5. The third-order valence-electron chi connectivity index (χ3n) is 5.39. The van der Waals surface area contributed by atoms with E-state index in [1.165, 1.54) is 17.0 Å². The van der Waals surface area contributed by atoms with Crippen molar-refractivity contribution in [3.8, 4) is 0 Å². The van der Waals surface area contributed by atoms with Crippen LogP contribution in [0, 0.1) is 0 Å². The van der Waals surface area contributed by atoms with Crippen molar-refractivity contribution in [3.05, 3.63) is 65.2 Å². The molecule has 2 aromatic rings. The van der Waals surface area contributed by atoms with Crippen LogP contribution in [0.1, 0.15) is 47.3 Å². The highest BCUT2D eigenvalue weighted by atomic mass is 32.2. The second kappa shape index (κ2) is 8.39. The molecule has 158 valence electrons. The highest BCUT2D eigenvalue weighted by Gasteiger charge is 2.28. The van der Waals surface area contributed by atoms with Gasteiger partial charge in [-0.3, -0.25) is 19.3 Å². The van der Waals surface area contributed by atoms with Gasteiger partial charge in [-0.15, -0.1) is 0 Å². The minimum absolute atomic E-state index is 0.171. The maximum atomic E-state index is 12.9. The summed E-state index contributed by atoms with van der Waals surface area (Å²) >= 11 is 0. The van der Waals surface area contributed by atoms with E-state index in [0.29, 0.717) is 5.56 Å². The van der Waals surface area contributed by atoms with Crippen LogP contribution in [0.5, 0.6) is 0 Å². The predicted octanol–water partition coefficient (Wildman–Crippen LogP) is 2.57. The van der Waals surface area contributed by atoms with Gasteiger partial charge in [-0.25, -0.2) is 8.42 Å². The second-order valence-electron chi connectivity index (χ2n) is 7.50. The van der Waals surface area contributed by atoms with E-state index >= 15 is 0 Å². The molecule has 8 heteroatoms. The van der Waals surface area contributed by atoms with E-state index in [9.17, 15) is 22.8 Å². The fourth-order valence-electron chi connectivity index (χ4n) is 3.33. The number of likely N-dealkylation sites (tertiary alicyclic amines) is 1. The van der Waals surface area contributed by atoms with Gasteiger partial charge in [-0.05, 0) is 42.3 Å². The van der Waals surface area contributed by atoms with E-state index in [2.05, 4.69) is 0 Å². The average Bonchev–Trinajstić information content (AvgIpc) is 3.04. The zero-order valence-corrected chi connectivity index (χ0v) is 18.0. The van der Waals surface area contributed by atoms with Gasteiger partial charge in [0.2, 0.25) is 11.8 Å². The van der Waals surface area contributed by atoms with Crippen molar-refractivity contribution in [3.63, 3.8) is 0 Å². The van der Waals surface area contributed by atoms with Crippen molar-refractivity contribution in [2.45, 2.75) is 37.2 Å². The molecule has 1 unspecified atom stereocenters. The molecule has 2 aromatic carbocycles. The normalized spacial score (nSPS) is 15.4. The lowest BCUT2D eigenvalue weighted by molar-refractivity contribution is -0.139. The summed E-state index contributed by atoms with van der Waals surface area (Å²) in [5.41, 5.74) is 2.09. The van der Waals surface area contributed by atoms with Crippen LogP contribution in [0.3, 0.4) is 0 Å². The first-order chi connectivity index (χ1) is 14.1. The fraction of sp³-hybridized carbons (Fsp3) is 0.318. The summed E-state index contributed by atoms with van der Waals surface area (Å²) in [6.07, 6.45) is 1.66. The van der Waals surface area contributed by atoms with E-state index in [1.807, 2.05) is 6.92 Å². The Bertz CT molecular complexity index is 1060. The molecule has 30 heavy (non-hydrogen) atoms. The molecular weight excluding hydrogens is 404 g/mol. The van der Waals surface area contributed by atoms with E-state index < -0.39 is 9.84 Å². The number of rotatable bonds is 6. The van der Waals surface area contributed by atoms with Crippen LogP contribution in [0.25, 0.3) is 0 Å². The highest BCUT2D eigenvalue weighted by molar-refractivity contribution is 7.90. The molecule has 1 saturated heterocycles. The van der Waals surface area contributed by atoms with Crippen LogP contribution < -0.4 is 0 Å². The fourth-order valence-corrected chi connectivity index (χ4v) is 3.96. The molecule has 1 atom stereocenters. The number of sulfone groups is 1. The molecule has 0 saturated carbocycles. The average molecular weight is 429 g/mol. The molecule has 3 rings (SSSR count). The molecule has 0 aromatic heterocycles. The van der Waals surface area contributed by atoms with Gasteiger partial charge >= 0.3 is 0 Å². The standard InChI is InChI=1S/C22H24N2O5S/c1-15(17-8-10-19(11-9-17)30(3,28)29)23(2)22(27)18-6-4-16(5-7-18)14-24-20(25)12-13-21(24)26/h4-11,15H,12-14H2,1-3H3. The number of imide groups is 1. The Kier molecular flexibility index (Phi) is 6.07. The largest absolute Gasteiger partial charge is 0.335 e. The predicted molar refractivity (Wildman–Crippen MR) is 111 cm³/mol. The number of carbonyl (C=O) groups is 3. The van der Waals surface area contributed by atoms with Crippen LogP contribution in [-0.2, 0) is 26.0 Å². The van der Waals surface area contributed by atoms with Crippen molar-refractivity contribution in [2.24, 2.45) is 0 Å². The summed E-state index contributed by atoms with van der Waals surface area (Å²) < 4.78 is 23.2.